The zero-order valence-corrected chi connectivity index (χ0v) is 13.7. The zero-order valence-electron chi connectivity index (χ0n) is 13.7. The smallest absolute Gasteiger partial charge is 0.126 e. The van der Waals surface area contributed by atoms with Crippen LogP contribution in [0.3, 0.4) is 0 Å². The first-order valence-corrected chi connectivity index (χ1v) is 7.74. The molecule has 3 aromatic rings. The SMILES string of the molecule is Cc1ccc(Cn2c(C(C)N)nc3cc(C)c(C)cc32)cc1. The van der Waals surface area contributed by atoms with Crippen molar-refractivity contribution in [2.45, 2.75) is 40.3 Å². The van der Waals surface area contributed by atoms with Gasteiger partial charge >= 0.3 is 0 Å². The number of aromatic nitrogens is 2. The predicted octanol–water partition coefficient (Wildman–Crippen LogP) is 4.03. The molecule has 1 heterocycles. The minimum Gasteiger partial charge on any atom is -0.322 e. The number of benzene rings is 2. The van der Waals surface area contributed by atoms with Gasteiger partial charge in [0.15, 0.2) is 0 Å². The first-order valence-electron chi connectivity index (χ1n) is 7.74. The van der Waals surface area contributed by atoms with Crippen molar-refractivity contribution in [3.8, 4) is 0 Å². The lowest BCUT2D eigenvalue weighted by molar-refractivity contribution is 0.664. The van der Waals surface area contributed by atoms with Gasteiger partial charge in [-0.25, -0.2) is 4.98 Å². The van der Waals surface area contributed by atoms with Gasteiger partial charge in [-0.3, -0.25) is 0 Å². The Kier molecular flexibility index (Phi) is 3.75. The Morgan fingerprint density at radius 2 is 1.68 bits per heavy atom. The van der Waals surface area contributed by atoms with E-state index in [0.717, 1.165) is 23.4 Å². The molecule has 0 saturated heterocycles. The largest absolute Gasteiger partial charge is 0.322 e. The number of rotatable bonds is 3. The van der Waals surface area contributed by atoms with E-state index in [0.29, 0.717) is 0 Å². The Morgan fingerprint density at radius 3 is 2.32 bits per heavy atom. The lowest BCUT2D eigenvalue weighted by Crippen LogP contribution is -2.14. The van der Waals surface area contributed by atoms with E-state index >= 15 is 0 Å². The van der Waals surface area contributed by atoms with Crippen molar-refractivity contribution in [3.05, 3.63) is 64.5 Å². The van der Waals surface area contributed by atoms with Crippen LogP contribution in [0.2, 0.25) is 0 Å². The van der Waals surface area contributed by atoms with Gasteiger partial charge in [0.2, 0.25) is 0 Å². The maximum atomic E-state index is 6.15. The van der Waals surface area contributed by atoms with Gasteiger partial charge in [0.1, 0.15) is 5.82 Å². The molecule has 2 aromatic carbocycles. The molecular formula is C19H23N3. The molecule has 0 fully saturated rings. The van der Waals surface area contributed by atoms with Crippen LogP contribution in [-0.4, -0.2) is 9.55 Å². The second kappa shape index (κ2) is 5.58. The van der Waals surface area contributed by atoms with E-state index in [-0.39, 0.29) is 6.04 Å². The maximum Gasteiger partial charge on any atom is 0.126 e. The molecule has 0 saturated carbocycles. The topological polar surface area (TPSA) is 43.8 Å². The fraction of sp³-hybridized carbons (Fsp3) is 0.316. The maximum absolute atomic E-state index is 6.15. The Morgan fingerprint density at radius 1 is 1.05 bits per heavy atom. The van der Waals surface area contributed by atoms with E-state index in [1.165, 1.54) is 22.3 Å². The highest BCUT2D eigenvalue weighted by atomic mass is 15.1. The fourth-order valence-corrected chi connectivity index (χ4v) is 2.79. The molecule has 2 N–H and O–H groups in total. The van der Waals surface area contributed by atoms with Crippen LogP contribution in [0.25, 0.3) is 11.0 Å². The third-order valence-corrected chi connectivity index (χ3v) is 4.26. The van der Waals surface area contributed by atoms with Gasteiger partial charge in [0.25, 0.3) is 0 Å². The highest BCUT2D eigenvalue weighted by Crippen LogP contribution is 2.24. The number of nitrogens with two attached hydrogens (primary N) is 1. The van der Waals surface area contributed by atoms with Crippen LogP contribution in [0.1, 0.15) is 41.0 Å². The standard InChI is InChI=1S/C19H23N3/c1-12-5-7-16(8-6-12)11-22-18-10-14(3)13(2)9-17(18)21-19(22)15(4)20/h5-10,15H,11,20H2,1-4H3. The molecule has 3 rings (SSSR count). The van der Waals surface area contributed by atoms with Crippen LogP contribution >= 0.6 is 0 Å². The molecule has 114 valence electrons. The van der Waals surface area contributed by atoms with Crippen LogP contribution in [0, 0.1) is 20.8 Å². The third kappa shape index (κ3) is 2.64. The summed E-state index contributed by atoms with van der Waals surface area (Å²) in [4.78, 5) is 4.77. The lowest BCUT2D eigenvalue weighted by Gasteiger charge is -2.12. The highest BCUT2D eigenvalue weighted by Gasteiger charge is 2.15. The molecule has 1 atom stereocenters. The average Bonchev–Trinajstić information content (AvgIpc) is 2.80. The molecule has 0 aliphatic carbocycles. The summed E-state index contributed by atoms with van der Waals surface area (Å²) in [6.07, 6.45) is 0. The molecule has 0 radical (unpaired) electrons. The molecule has 0 spiro atoms. The average molecular weight is 293 g/mol. The molecule has 1 unspecified atom stereocenters. The summed E-state index contributed by atoms with van der Waals surface area (Å²) in [5.41, 5.74) is 13.4. The van der Waals surface area contributed by atoms with E-state index in [1.54, 1.807) is 0 Å². The molecule has 0 aliphatic rings. The second-order valence-electron chi connectivity index (χ2n) is 6.26. The number of nitrogens with zero attached hydrogens (tertiary/aromatic N) is 2. The summed E-state index contributed by atoms with van der Waals surface area (Å²) in [6.45, 7) is 9.17. The Labute approximate surface area is 131 Å². The van der Waals surface area contributed by atoms with Crippen LogP contribution in [0.5, 0.6) is 0 Å². The normalized spacial score (nSPS) is 12.8. The Hall–Kier alpha value is -2.13. The van der Waals surface area contributed by atoms with Crippen molar-refractivity contribution in [2.24, 2.45) is 5.73 Å². The van der Waals surface area contributed by atoms with Crippen LogP contribution in [0.15, 0.2) is 36.4 Å². The van der Waals surface area contributed by atoms with E-state index in [1.807, 2.05) is 6.92 Å². The molecule has 0 amide bonds. The highest BCUT2D eigenvalue weighted by molar-refractivity contribution is 5.78. The van der Waals surface area contributed by atoms with E-state index in [2.05, 4.69) is 61.7 Å². The van der Waals surface area contributed by atoms with Gasteiger partial charge in [0.05, 0.1) is 17.1 Å². The molecule has 0 bridgehead atoms. The van der Waals surface area contributed by atoms with E-state index in [4.69, 9.17) is 10.7 Å². The van der Waals surface area contributed by atoms with Crippen molar-refractivity contribution in [1.82, 2.24) is 9.55 Å². The summed E-state index contributed by atoms with van der Waals surface area (Å²) in [5, 5.41) is 0. The minimum atomic E-state index is -0.0848. The molecule has 22 heavy (non-hydrogen) atoms. The van der Waals surface area contributed by atoms with E-state index < -0.39 is 0 Å². The van der Waals surface area contributed by atoms with Crippen LogP contribution in [-0.2, 0) is 6.54 Å². The number of hydrogen-bond donors (Lipinski definition) is 1. The molecule has 1 aromatic heterocycles. The monoisotopic (exact) mass is 293 g/mol. The van der Waals surface area contributed by atoms with Crippen molar-refractivity contribution < 1.29 is 0 Å². The summed E-state index contributed by atoms with van der Waals surface area (Å²) in [7, 11) is 0. The van der Waals surface area contributed by atoms with Crippen molar-refractivity contribution >= 4 is 11.0 Å². The molecule has 3 nitrogen and oxygen atoms in total. The Bertz CT molecular complexity index is 811. The quantitative estimate of drug-likeness (QED) is 0.792. The number of aryl methyl sites for hydroxylation is 3. The van der Waals surface area contributed by atoms with Gasteiger partial charge in [0, 0.05) is 6.54 Å². The van der Waals surface area contributed by atoms with Gasteiger partial charge < -0.3 is 10.3 Å². The third-order valence-electron chi connectivity index (χ3n) is 4.26. The Balaban J connectivity index is 2.15. The van der Waals surface area contributed by atoms with Crippen molar-refractivity contribution in [1.29, 1.82) is 0 Å². The van der Waals surface area contributed by atoms with Crippen molar-refractivity contribution in [2.75, 3.05) is 0 Å². The fourth-order valence-electron chi connectivity index (χ4n) is 2.79. The number of hydrogen-bond acceptors (Lipinski definition) is 2. The van der Waals surface area contributed by atoms with E-state index in [9.17, 15) is 0 Å². The lowest BCUT2D eigenvalue weighted by atomic mass is 10.1. The first kappa shape index (κ1) is 14.8. The molecular weight excluding hydrogens is 270 g/mol. The summed E-state index contributed by atoms with van der Waals surface area (Å²) >= 11 is 0. The van der Waals surface area contributed by atoms with Gasteiger partial charge in [-0.15, -0.1) is 0 Å². The minimum absolute atomic E-state index is 0.0848. The molecule has 3 heteroatoms. The van der Waals surface area contributed by atoms with Crippen LogP contribution in [0.4, 0.5) is 0 Å². The van der Waals surface area contributed by atoms with Gasteiger partial charge in [-0.2, -0.15) is 0 Å². The summed E-state index contributed by atoms with van der Waals surface area (Å²) in [6, 6.07) is 12.9. The van der Waals surface area contributed by atoms with Crippen LogP contribution < -0.4 is 5.73 Å². The predicted molar refractivity (Wildman–Crippen MR) is 92.1 cm³/mol. The first-order chi connectivity index (χ1) is 10.5. The number of imidazole rings is 1. The number of fused-ring (bicyclic) bond motifs is 1. The summed E-state index contributed by atoms with van der Waals surface area (Å²) in [5.74, 6) is 0.945. The second-order valence-corrected chi connectivity index (χ2v) is 6.26. The zero-order chi connectivity index (χ0) is 15.9. The summed E-state index contributed by atoms with van der Waals surface area (Å²) < 4.78 is 2.25. The van der Waals surface area contributed by atoms with Gasteiger partial charge in [-0.1, -0.05) is 29.8 Å². The van der Waals surface area contributed by atoms with Crippen molar-refractivity contribution in [3.63, 3.8) is 0 Å². The van der Waals surface area contributed by atoms with Gasteiger partial charge in [-0.05, 0) is 56.5 Å². The molecule has 0 aliphatic heterocycles.